The number of methoxy groups -OCH3 is 1. The van der Waals surface area contributed by atoms with E-state index < -0.39 is 6.04 Å². The maximum absolute atomic E-state index is 13.6. The summed E-state index contributed by atoms with van der Waals surface area (Å²) in [6.45, 7) is 0.196. The average molecular weight is 433 g/mol. The van der Waals surface area contributed by atoms with Crippen LogP contribution in [0.5, 0.6) is 5.75 Å². The lowest BCUT2D eigenvalue weighted by Gasteiger charge is -2.32. The minimum Gasteiger partial charge on any atom is -0.496 e. The number of ether oxygens (including phenoxy) is 1. The van der Waals surface area contributed by atoms with Crippen LogP contribution in [-0.2, 0) is 11.3 Å². The Morgan fingerprint density at radius 1 is 1.03 bits per heavy atom. The third-order valence-electron chi connectivity index (χ3n) is 5.90. The molecular weight excluding hydrogens is 404 g/mol. The molecule has 1 N–H and O–H groups in total. The third-order valence-corrected chi connectivity index (χ3v) is 5.90. The summed E-state index contributed by atoms with van der Waals surface area (Å²) >= 11 is 0. The minimum atomic E-state index is -0.806. The number of amides is 2. The van der Waals surface area contributed by atoms with Crippen molar-refractivity contribution < 1.29 is 18.7 Å². The van der Waals surface area contributed by atoms with Crippen LogP contribution in [0.15, 0.2) is 77.4 Å². The van der Waals surface area contributed by atoms with Crippen molar-refractivity contribution in [3.63, 3.8) is 0 Å². The van der Waals surface area contributed by atoms with Crippen LogP contribution in [0, 0.1) is 0 Å². The van der Waals surface area contributed by atoms with E-state index in [0.29, 0.717) is 5.75 Å². The number of nitrogens with zero attached hydrogens (tertiary/aromatic N) is 1. The molecule has 1 fully saturated rings. The molecule has 1 atom stereocenters. The molecule has 2 aromatic carbocycles. The first-order chi connectivity index (χ1) is 15.7. The number of para-hydroxylation sites is 1. The summed E-state index contributed by atoms with van der Waals surface area (Å²) < 4.78 is 10.9. The van der Waals surface area contributed by atoms with Gasteiger partial charge in [-0.05, 0) is 36.6 Å². The molecule has 1 aliphatic carbocycles. The van der Waals surface area contributed by atoms with Crippen LogP contribution in [0.2, 0.25) is 0 Å². The third kappa shape index (κ3) is 4.85. The van der Waals surface area contributed by atoms with Crippen LogP contribution in [-0.4, -0.2) is 29.9 Å². The lowest BCUT2D eigenvalue weighted by molar-refractivity contribution is -0.126. The first-order valence-electron chi connectivity index (χ1n) is 11.0. The van der Waals surface area contributed by atoms with E-state index in [2.05, 4.69) is 5.32 Å². The number of carbonyl (C=O) groups excluding carboxylic acids is 2. The number of rotatable bonds is 8. The topological polar surface area (TPSA) is 71.8 Å². The van der Waals surface area contributed by atoms with Gasteiger partial charge in [0, 0.05) is 11.6 Å². The van der Waals surface area contributed by atoms with Gasteiger partial charge in [-0.3, -0.25) is 9.59 Å². The molecule has 0 aliphatic heterocycles. The molecule has 4 rings (SSSR count). The quantitative estimate of drug-likeness (QED) is 0.559. The van der Waals surface area contributed by atoms with Gasteiger partial charge < -0.3 is 19.4 Å². The smallest absolute Gasteiger partial charge is 0.290 e. The SMILES string of the molecule is COc1ccccc1CN(C(=O)c1ccco1)[C@@H](C(=O)NC1CCCC1)c1ccccc1. The lowest BCUT2D eigenvalue weighted by atomic mass is 10.0. The Morgan fingerprint density at radius 3 is 2.44 bits per heavy atom. The number of hydrogen-bond donors (Lipinski definition) is 1. The molecule has 0 saturated heterocycles. The molecule has 0 spiro atoms. The largest absolute Gasteiger partial charge is 0.496 e. The Labute approximate surface area is 188 Å². The molecule has 0 radical (unpaired) electrons. The Hall–Kier alpha value is -3.54. The van der Waals surface area contributed by atoms with Crippen LogP contribution < -0.4 is 10.1 Å². The van der Waals surface area contributed by atoms with Crippen molar-refractivity contribution in [2.45, 2.75) is 44.3 Å². The zero-order valence-electron chi connectivity index (χ0n) is 18.2. The molecular formula is C26H28N2O4. The molecule has 1 aliphatic rings. The second kappa shape index (κ2) is 10.2. The van der Waals surface area contributed by atoms with E-state index in [-0.39, 0.29) is 30.2 Å². The zero-order chi connectivity index (χ0) is 22.3. The van der Waals surface area contributed by atoms with E-state index in [1.807, 2.05) is 54.6 Å². The van der Waals surface area contributed by atoms with Gasteiger partial charge in [0.2, 0.25) is 5.91 Å². The van der Waals surface area contributed by atoms with E-state index in [1.165, 1.54) is 6.26 Å². The summed E-state index contributed by atoms with van der Waals surface area (Å²) in [6.07, 6.45) is 5.61. The molecule has 1 saturated carbocycles. The van der Waals surface area contributed by atoms with Gasteiger partial charge >= 0.3 is 0 Å². The normalized spacial score (nSPS) is 14.7. The van der Waals surface area contributed by atoms with Gasteiger partial charge in [-0.15, -0.1) is 0 Å². The average Bonchev–Trinajstić information content (AvgIpc) is 3.54. The molecule has 1 aromatic heterocycles. The van der Waals surface area contributed by atoms with Crippen LogP contribution in [0.4, 0.5) is 0 Å². The standard InChI is InChI=1S/C26H28N2O4/c1-31-22-15-8-5-12-20(22)18-28(26(30)23-16-9-17-32-23)24(19-10-3-2-4-11-19)25(29)27-21-13-6-7-14-21/h2-5,8-12,15-17,21,24H,6-7,13-14,18H2,1H3,(H,27,29)/t24-/m1/s1. The molecule has 32 heavy (non-hydrogen) atoms. The monoisotopic (exact) mass is 432 g/mol. The van der Waals surface area contributed by atoms with Gasteiger partial charge in [-0.2, -0.15) is 0 Å². The van der Waals surface area contributed by atoms with E-state index in [1.54, 1.807) is 24.1 Å². The summed E-state index contributed by atoms with van der Waals surface area (Å²) in [4.78, 5) is 28.7. The van der Waals surface area contributed by atoms with E-state index >= 15 is 0 Å². The van der Waals surface area contributed by atoms with Gasteiger partial charge in [-0.25, -0.2) is 0 Å². The maximum Gasteiger partial charge on any atom is 0.290 e. The van der Waals surface area contributed by atoms with Crippen molar-refractivity contribution in [2.75, 3.05) is 7.11 Å². The second-order valence-corrected chi connectivity index (χ2v) is 8.03. The molecule has 3 aromatic rings. The molecule has 6 nitrogen and oxygen atoms in total. The highest BCUT2D eigenvalue weighted by atomic mass is 16.5. The van der Waals surface area contributed by atoms with Crippen molar-refractivity contribution in [3.8, 4) is 5.75 Å². The van der Waals surface area contributed by atoms with E-state index in [4.69, 9.17) is 9.15 Å². The van der Waals surface area contributed by atoms with Crippen molar-refractivity contribution >= 4 is 11.8 Å². The molecule has 1 heterocycles. The zero-order valence-corrected chi connectivity index (χ0v) is 18.2. The predicted molar refractivity (Wildman–Crippen MR) is 121 cm³/mol. The van der Waals surface area contributed by atoms with Gasteiger partial charge in [0.1, 0.15) is 11.8 Å². The molecule has 0 unspecified atom stereocenters. The first-order valence-corrected chi connectivity index (χ1v) is 11.0. The Morgan fingerprint density at radius 2 is 1.75 bits per heavy atom. The molecule has 0 bridgehead atoms. The number of hydrogen-bond acceptors (Lipinski definition) is 4. The summed E-state index contributed by atoms with van der Waals surface area (Å²) in [5.74, 6) is 0.316. The van der Waals surface area contributed by atoms with Gasteiger partial charge in [-0.1, -0.05) is 61.4 Å². The predicted octanol–water partition coefficient (Wildman–Crippen LogP) is 4.73. The van der Waals surface area contributed by atoms with Crippen LogP contribution in [0.1, 0.15) is 53.4 Å². The minimum absolute atomic E-state index is 0.139. The first kappa shape index (κ1) is 21.7. The fraction of sp³-hybridized carbons (Fsp3) is 0.308. The van der Waals surface area contributed by atoms with Gasteiger partial charge in [0.25, 0.3) is 5.91 Å². The number of carbonyl (C=O) groups is 2. The molecule has 6 heteroatoms. The summed E-state index contributed by atoms with van der Waals surface area (Å²) in [6, 6.07) is 19.6. The highest BCUT2D eigenvalue weighted by Crippen LogP contribution is 2.29. The Balaban J connectivity index is 1.74. The summed E-state index contributed by atoms with van der Waals surface area (Å²) in [5.41, 5.74) is 1.56. The van der Waals surface area contributed by atoms with Gasteiger partial charge in [0.05, 0.1) is 19.9 Å². The maximum atomic E-state index is 13.6. The highest BCUT2D eigenvalue weighted by Gasteiger charge is 2.35. The summed E-state index contributed by atoms with van der Waals surface area (Å²) in [7, 11) is 1.60. The highest BCUT2D eigenvalue weighted by molar-refractivity contribution is 5.96. The fourth-order valence-corrected chi connectivity index (χ4v) is 4.30. The van der Waals surface area contributed by atoms with Gasteiger partial charge in [0.15, 0.2) is 5.76 Å². The second-order valence-electron chi connectivity index (χ2n) is 8.03. The molecule has 166 valence electrons. The number of nitrogens with one attached hydrogen (secondary N) is 1. The Bertz CT molecular complexity index is 1030. The van der Waals surface area contributed by atoms with Crippen molar-refractivity contribution in [1.82, 2.24) is 10.2 Å². The lowest BCUT2D eigenvalue weighted by Crippen LogP contribution is -2.45. The summed E-state index contributed by atoms with van der Waals surface area (Å²) in [5, 5.41) is 3.18. The van der Waals surface area contributed by atoms with E-state index in [9.17, 15) is 9.59 Å². The van der Waals surface area contributed by atoms with Crippen LogP contribution in [0.3, 0.4) is 0 Å². The van der Waals surface area contributed by atoms with E-state index in [0.717, 1.165) is 36.8 Å². The van der Waals surface area contributed by atoms with Crippen molar-refractivity contribution in [3.05, 3.63) is 89.9 Å². The van der Waals surface area contributed by atoms with Crippen LogP contribution in [0.25, 0.3) is 0 Å². The fourth-order valence-electron chi connectivity index (χ4n) is 4.30. The van der Waals surface area contributed by atoms with Crippen molar-refractivity contribution in [2.24, 2.45) is 0 Å². The van der Waals surface area contributed by atoms with Crippen molar-refractivity contribution in [1.29, 1.82) is 0 Å². The number of benzene rings is 2. The number of furan rings is 1. The Kier molecular flexibility index (Phi) is 6.90. The molecule has 2 amide bonds. The van der Waals surface area contributed by atoms with Crippen LogP contribution >= 0.6 is 0 Å².